The monoisotopic (exact) mass is 271 g/mol. The summed E-state index contributed by atoms with van der Waals surface area (Å²) in [6.45, 7) is 8.72. The summed E-state index contributed by atoms with van der Waals surface area (Å²) in [7, 11) is 0. The van der Waals surface area contributed by atoms with Crippen molar-refractivity contribution in [2.24, 2.45) is 0 Å². The van der Waals surface area contributed by atoms with Gasteiger partial charge >= 0.3 is 0 Å². The number of nitrogens with one attached hydrogen (secondary N) is 2. The molecular formula is C16H21N3O. The molecule has 0 saturated carbocycles. The Hall–Kier alpha value is -1.81. The molecule has 2 aromatic rings. The van der Waals surface area contributed by atoms with E-state index >= 15 is 0 Å². The third kappa shape index (κ3) is 2.20. The van der Waals surface area contributed by atoms with Crippen LogP contribution in [0.1, 0.15) is 28.5 Å². The molecule has 1 aromatic carbocycles. The minimum Gasteiger partial charge on any atom is -0.351 e. The molecule has 2 N–H and O–H groups in total. The van der Waals surface area contributed by atoms with Crippen molar-refractivity contribution in [3.63, 3.8) is 0 Å². The molecular weight excluding hydrogens is 250 g/mol. The van der Waals surface area contributed by atoms with E-state index < -0.39 is 0 Å². The van der Waals surface area contributed by atoms with Crippen molar-refractivity contribution in [1.82, 2.24) is 15.2 Å². The van der Waals surface area contributed by atoms with Gasteiger partial charge in [0, 0.05) is 36.6 Å². The highest BCUT2D eigenvalue weighted by Crippen LogP contribution is 2.23. The number of carbonyl (C=O) groups is 1. The van der Waals surface area contributed by atoms with Crippen LogP contribution in [-0.4, -0.2) is 41.5 Å². The van der Waals surface area contributed by atoms with Gasteiger partial charge in [-0.2, -0.15) is 0 Å². The van der Waals surface area contributed by atoms with Gasteiger partial charge in [-0.05, 0) is 44.0 Å². The maximum Gasteiger partial charge on any atom is 0.270 e. The quantitative estimate of drug-likeness (QED) is 0.835. The van der Waals surface area contributed by atoms with Crippen LogP contribution in [0.5, 0.6) is 0 Å². The number of hydrogen-bond donors (Lipinski definition) is 2. The number of fused-ring (bicyclic) bond motifs is 1. The van der Waals surface area contributed by atoms with Gasteiger partial charge in [-0.1, -0.05) is 6.07 Å². The van der Waals surface area contributed by atoms with Gasteiger partial charge in [0.15, 0.2) is 0 Å². The van der Waals surface area contributed by atoms with Crippen LogP contribution in [0.2, 0.25) is 0 Å². The number of amides is 1. The maximum atomic E-state index is 12.6. The van der Waals surface area contributed by atoms with Crippen molar-refractivity contribution in [3.8, 4) is 0 Å². The van der Waals surface area contributed by atoms with E-state index in [0.717, 1.165) is 30.5 Å². The second-order valence-electron chi connectivity index (χ2n) is 5.76. The lowest BCUT2D eigenvalue weighted by atomic mass is 10.1. The van der Waals surface area contributed by atoms with Gasteiger partial charge in [0.1, 0.15) is 5.69 Å². The number of nitrogens with zero attached hydrogens (tertiary/aromatic N) is 1. The molecule has 3 rings (SSSR count). The van der Waals surface area contributed by atoms with E-state index in [4.69, 9.17) is 0 Å². The first-order valence-electron chi connectivity index (χ1n) is 7.18. The average molecular weight is 271 g/mol. The van der Waals surface area contributed by atoms with Gasteiger partial charge in [0.25, 0.3) is 5.91 Å². The number of aromatic amines is 1. The van der Waals surface area contributed by atoms with Crippen LogP contribution >= 0.6 is 0 Å². The van der Waals surface area contributed by atoms with Crippen LogP contribution in [0.3, 0.4) is 0 Å². The van der Waals surface area contributed by atoms with Crippen LogP contribution in [0.4, 0.5) is 0 Å². The number of benzene rings is 1. The van der Waals surface area contributed by atoms with Crippen LogP contribution < -0.4 is 5.32 Å². The van der Waals surface area contributed by atoms with Crippen LogP contribution in [0.15, 0.2) is 18.2 Å². The van der Waals surface area contributed by atoms with Gasteiger partial charge in [0.05, 0.1) is 0 Å². The predicted octanol–water partition coefficient (Wildman–Crippen LogP) is 2.22. The summed E-state index contributed by atoms with van der Waals surface area (Å²) in [5, 5.41) is 4.51. The van der Waals surface area contributed by atoms with Crippen molar-refractivity contribution >= 4 is 16.8 Å². The molecule has 0 radical (unpaired) electrons. The molecule has 1 saturated heterocycles. The molecule has 0 unspecified atom stereocenters. The highest BCUT2D eigenvalue weighted by atomic mass is 16.2. The molecule has 20 heavy (non-hydrogen) atoms. The molecule has 0 spiro atoms. The Balaban J connectivity index is 1.94. The number of piperazine rings is 1. The summed E-state index contributed by atoms with van der Waals surface area (Å²) in [6, 6.07) is 6.50. The number of aromatic nitrogens is 1. The topological polar surface area (TPSA) is 48.1 Å². The van der Waals surface area contributed by atoms with Crippen molar-refractivity contribution < 1.29 is 4.79 Å². The number of hydrogen-bond acceptors (Lipinski definition) is 2. The Morgan fingerprint density at radius 3 is 2.90 bits per heavy atom. The zero-order valence-electron chi connectivity index (χ0n) is 12.3. The smallest absolute Gasteiger partial charge is 0.270 e. The molecule has 4 heteroatoms. The van der Waals surface area contributed by atoms with Gasteiger partial charge < -0.3 is 15.2 Å². The normalized spacial score (nSPS) is 19.6. The fourth-order valence-corrected chi connectivity index (χ4v) is 2.86. The Morgan fingerprint density at radius 1 is 1.35 bits per heavy atom. The molecule has 1 atom stereocenters. The number of rotatable bonds is 1. The molecule has 106 valence electrons. The SMILES string of the molecule is Cc1ccc2[nH]c(C(=O)N3CCN[C@H](C)C3)cc2c1C. The molecule has 4 nitrogen and oxygen atoms in total. The van der Waals surface area contributed by atoms with Crippen molar-refractivity contribution in [1.29, 1.82) is 0 Å². The van der Waals surface area contributed by atoms with Gasteiger partial charge in [-0.3, -0.25) is 4.79 Å². The third-order valence-corrected chi connectivity index (χ3v) is 4.23. The lowest BCUT2D eigenvalue weighted by Crippen LogP contribution is -2.51. The highest BCUT2D eigenvalue weighted by Gasteiger charge is 2.23. The van der Waals surface area contributed by atoms with Gasteiger partial charge in [-0.25, -0.2) is 0 Å². The lowest BCUT2D eigenvalue weighted by Gasteiger charge is -2.31. The van der Waals surface area contributed by atoms with E-state index in [-0.39, 0.29) is 5.91 Å². The summed E-state index contributed by atoms with van der Waals surface area (Å²) in [5.41, 5.74) is 4.24. The maximum absolute atomic E-state index is 12.6. The molecule has 1 amide bonds. The minimum atomic E-state index is 0.103. The first-order chi connectivity index (χ1) is 9.56. The second-order valence-corrected chi connectivity index (χ2v) is 5.76. The fraction of sp³-hybridized carbons (Fsp3) is 0.438. The molecule has 1 aromatic heterocycles. The average Bonchev–Trinajstić information content (AvgIpc) is 2.87. The van der Waals surface area contributed by atoms with Crippen LogP contribution in [0, 0.1) is 13.8 Å². The Kier molecular flexibility index (Phi) is 3.26. The van der Waals surface area contributed by atoms with Crippen LogP contribution in [0.25, 0.3) is 10.9 Å². The van der Waals surface area contributed by atoms with Gasteiger partial charge in [0.2, 0.25) is 0 Å². The first-order valence-corrected chi connectivity index (χ1v) is 7.18. The van der Waals surface area contributed by atoms with Crippen molar-refractivity contribution in [2.45, 2.75) is 26.8 Å². The summed E-state index contributed by atoms with van der Waals surface area (Å²) < 4.78 is 0. The Morgan fingerprint density at radius 2 is 2.15 bits per heavy atom. The minimum absolute atomic E-state index is 0.103. The summed E-state index contributed by atoms with van der Waals surface area (Å²) >= 11 is 0. The zero-order valence-corrected chi connectivity index (χ0v) is 12.3. The van der Waals surface area contributed by atoms with E-state index in [1.165, 1.54) is 11.1 Å². The van der Waals surface area contributed by atoms with E-state index in [1.54, 1.807) is 0 Å². The molecule has 0 aliphatic carbocycles. The van der Waals surface area contributed by atoms with Crippen molar-refractivity contribution in [3.05, 3.63) is 35.0 Å². The fourth-order valence-electron chi connectivity index (χ4n) is 2.86. The van der Waals surface area contributed by atoms with E-state index in [9.17, 15) is 4.79 Å². The Bertz CT molecular complexity index is 659. The van der Waals surface area contributed by atoms with Crippen LogP contribution in [-0.2, 0) is 0 Å². The molecule has 0 bridgehead atoms. The molecule has 1 fully saturated rings. The number of aryl methyl sites for hydroxylation is 2. The first kappa shape index (κ1) is 13.2. The van der Waals surface area contributed by atoms with Gasteiger partial charge in [-0.15, -0.1) is 0 Å². The molecule has 1 aliphatic heterocycles. The molecule has 1 aliphatic rings. The van der Waals surface area contributed by atoms with Crippen molar-refractivity contribution in [2.75, 3.05) is 19.6 Å². The predicted molar refractivity (Wildman–Crippen MR) is 81.1 cm³/mol. The van der Waals surface area contributed by atoms with E-state index in [0.29, 0.717) is 11.7 Å². The Labute approximate surface area is 119 Å². The summed E-state index contributed by atoms with van der Waals surface area (Å²) in [4.78, 5) is 17.8. The second kappa shape index (κ2) is 4.94. The summed E-state index contributed by atoms with van der Waals surface area (Å²) in [5.74, 6) is 0.103. The number of H-pyrrole nitrogens is 1. The van der Waals surface area contributed by atoms with E-state index in [2.05, 4.69) is 43.2 Å². The largest absolute Gasteiger partial charge is 0.351 e. The highest BCUT2D eigenvalue weighted by molar-refractivity contribution is 5.99. The summed E-state index contributed by atoms with van der Waals surface area (Å²) in [6.07, 6.45) is 0. The molecule has 2 heterocycles. The lowest BCUT2D eigenvalue weighted by molar-refractivity contribution is 0.0704. The third-order valence-electron chi connectivity index (χ3n) is 4.23. The zero-order chi connectivity index (χ0) is 14.3. The number of carbonyl (C=O) groups excluding carboxylic acids is 1. The standard InChI is InChI=1S/C16H21N3O/c1-10-4-5-14-13(12(10)3)8-15(18-14)16(20)19-7-6-17-11(2)9-19/h4-5,8,11,17-18H,6-7,9H2,1-3H3/t11-/m1/s1. The van der Waals surface area contributed by atoms with E-state index in [1.807, 2.05) is 11.0 Å².